The molecule has 7 rings (SSSR count). The fourth-order valence-electron chi connectivity index (χ4n) is 7.78. The van der Waals surface area contributed by atoms with E-state index in [1.54, 1.807) is 24.3 Å². The first kappa shape index (κ1) is 35.2. The highest BCUT2D eigenvalue weighted by Crippen LogP contribution is 2.37. The number of nitrogens with one attached hydrogen (secondary N) is 1. The molecule has 4 aromatic rings. The van der Waals surface area contributed by atoms with Gasteiger partial charge in [0.2, 0.25) is 5.82 Å². The van der Waals surface area contributed by atoms with Crippen LogP contribution in [0.1, 0.15) is 69.7 Å². The van der Waals surface area contributed by atoms with Crippen LogP contribution in [0.4, 0.5) is 11.4 Å². The Balaban J connectivity index is 1.04. The molecule has 3 aliphatic rings. The second-order valence-electron chi connectivity index (χ2n) is 14.1. The number of aliphatic carboxylic acids is 1. The van der Waals surface area contributed by atoms with Gasteiger partial charge in [0.05, 0.1) is 33.7 Å². The minimum absolute atomic E-state index is 0.224. The van der Waals surface area contributed by atoms with E-state index < -0.39 is 11.9 Å². The number of anilines is 2. The Hall–Kier alpha value is -4.23. The first-order valence-corrected chi connectivity index (χ1v) is 18.1. The summed E-state index contributed by atoms with van der Waals surface area (Å²) in [5.74, 6) is -0.639. The van der Waals surface area contributed by atoms with E-state index in [0.717, 1.165) is 90.9 Å². The molecule has 0 radical (unpaired) electrons. The van der Waals surface area contributed by atoms with Crippen molar-refractivity contribution in [2.45, 2.75) is 51.6 Å². The highest BCUT2D eigenvalue weighted by atomic mass is 35.5. The molecular weight excluding hydrogens is 691 g/mol. The van der Waals surface area contributed by atoms with Crippen LogP contribution < -0.4 is 9.74 Å². The number of imidazole rings is 2. The van der Waals surface area contributed by atoms with E-state index >= 15 is 0 Å². The summed E-state index contributed by atoms with van der Waals surface area (Å²) in [5.41, 5.74) is 6.15. The third-order valence-electron chi connectivity index (χ3n) is 10.7. The molecule has 1 saturated carbocycles. The molecule has 1 fully saturated rings. The molecule has 12 nitrogen and oxygen atoms in total. The standard InChI is InChI=1S/C37H42Cl2N8O4/c1-43-16-14-30-28(20-43)40-33(44(30)2)35(48)42-27-9-5-8-26(32(27)38)24-6-4-7-25(18-24)47(39)36(49)34-41-29-21-46(17-15-31(29)45(34)3)19-22-10-12-23(13-11-22)37(50)51/h4-9,18,22-23H,10-17,19-21H2,1-3H3,(H,42,48)(H,50,51). The number of carbonyl (C=O) groups excluding carboxylic acids is 2. The molecule has 2 amide bonds. The third-order valence-corrected chi connectivity index (χ3v) is 11.5. The number of rotatable bonds is 8. The lowest BCUT2D eigenvalue weighted by molar-refractivity contribution is -0.143. The molecule has 14 heteroatoms. The van der Waals surface area contributed by atoms with Crippen LogP contribution in [0.25, 0.3) is 11.1 Å². The van der Waals surface area contributed by atoms with Crippen molar-refractivity contribution in [1.82, 2.24) is 28.9 Å². The molecule has 0 spiro atoms. The number of halogens is 2. The van der Waals surface area contributed by atoms with Crippen LogP contribution in [-0.4, -0.2) is 78.5 Å². The molecule has 0 saturated heterocycles. The zero-order chi connectivity index (χ0) is 36.0. The summed E-state index contributed by atoms with van der Waals surface area (Å²) in [6, 6.07) is 12.6. The van der Waals surface area contributed by atoms with Crippen molar-refractivity contribution in [3.8, 4) is 11.1 Å². The van der Waals surface area contributed by atoms with Crippen LogP contribution in [0, 0.1) is 11.8 Å². The van der Waals surface area contributed by atoms with E-state index in [1.165, 1.54) is 0 Å². The van der Waals surface area contributed by atoms with Gasteiger partial charge < -0.3 is 24.5 Å². The molecule has 0 atom stereocenters. The van der Waals surface area contributed by atoms with Crippen molar-refractivity contribution < 1.29 is 19.5 Å². The van der Waals surface area contributed by atoms with Crippen molar-refractivity contribution >= 4 is 52.5 Å². The average molecular weight is 734 g/mol. The summed E-state index contributed by atoms with van der Waals surface area (Å²) in [7, 11) is 5.75. The summed E-state index contributed by atoms with van der Waals surface area (Å²) in [6.45, 7) is 4.00. The van der Waals surface area contributed by atoms with Crippen LogP contribution in [0.15, 0.2) is 42.5 Å². The van der Waals surface area contributed by atoms with Crippen LogP contribution >= 0.6 is 23.4 Å². The Labute approximate surface area is 307 Å². The highest BCUT2D eigenvalue weighted by Gasteiger charge is 2.31. The monoisotopic (exact) mass is 732 g/mol. The quantitative estimate of drug-likeness (QED) is 0.219. The van der Waals surface area contributed by atoms with Gasteiger partial charge in [-0.15, -0.1) is 0 Å². The molecule has 4 heterocycles. The third kappa shape index (κ3) is 7.02. The van der Waals surface area contributed by atoms with Crippen molar-refractivity contribution in [2.24, 2.45) is 25.9 Å². The maximum atomic E-state index is 13.8. The first-order valence-electron chi connectivity index (χ1n) is 17.4. The molecule has 0 bridgehead atoms. The van der Waals surface area contributed by atoms with Crippen LogP contribution in [0.2, 0.25) is 5.02 Å². The van der Waals surface area contributed by atoms with Gasteiger partial charge in [-0.05, 0) is 62.4 Å². The van der Waals surface area contributed by atoms with Gasteiger partial charge in [0.1, 0.15) is 0 Å². The van der Waals surface area contributed by atoms with Crippen molar-refractivity contribution in [3.05, 3.63) is 81.9 Å². The van der Waals surface area contributed by atoms with Gasteiger partial charge in [0.25, 0.3) is 5.91 Å². The van der Waals surface area contributed by atoms with Gasteiger partial charge in [-0.2, -0.15) is 0 Å². The molecule has 268 valence electrons. The Morgan fingerprint density at radius 2 is 1.57 bits per heavy atom. The van der Waals surface area contributed by atoms with E-state index in [9.17, 15) is 19.5 Å². The topological polar surface area (TPSA) is 129 Å². The van der Waals surface area contributed by atoms with E-state index in [0.29, 0.717) is 46.8 Å². The van der Waals surface area contributed by atoms with E-state index in [2.05, 4.69) is 20.1 Å². The minimum atomic E-state index is -0.687. The van der Waals surface area contributed by atoms with E-state index in [-0.39, 0.29) is 17.6 Å². The summed E-state index contributed by atoms with van der Waals surface area (Å²) < 4.78 is 4.77. The number of carboxylic acid groups (broad SMARTS) is 1. The number of benzene rings is 2. The van der Waals surface area contributed by atoms with Crippen molar-refractivity contribution in [2.75, 3.05) is 36.4 Å². The van der Waals surface area contributed by atoms with E-state index in [4.69, 9.17) is 28.4 Å². The predicted octanol–water partition coefficient (Wildman–Crippen LogP) is 5.76. The zero-order valence-corrected chi connectivity index (χ0v) is 30.5. The molecule has 2 aliphatic heterocycles. The molecule has 0 unspecified atom stereocenters. The lowest BCUT2D eigenvalue weighted by Gasteiger charge is -2.33. The lowest BCUT2D eigenvalue weighted by atomic mass is 9.81. The summed E-state index contributed by atoms with van der Waals surface area (Å²) in [5, 5.41) is 12.6. The molecule has 2 aromatic heterocycles. The largest absolute Gasteiger partial charge is 0.481 e. The summed E-state index contributed by atoms with van der Waals surface area (Å²) in [4.78, 5) is 52.4. The minimum Gasteiger partial charge on any atom is -0.481 e. The maximum Gasteiger partial charge on any atom is 0.308 e. The number of hydrogen-bond acceptors (Lipinski definition) is 7. The average Bonchev–Trinajstić information content (AvgIpc) is 3.63. The number of hydrogen-bond donors (Lipinski definition) is 2. The normalized spacial score (nSPS) is 19.3. The lowest BCUT2D eigenvalue weighted by Crippen LogP contribution is -2.36. The number of likely N-dealkylation sites (N-methyl/N-ethyl adjacent to an activating group) is 1. The molecule has 1 aliphatic carbocycles. The summed E-state index contributed by atoms with van der Waals surface area (Å²) in [6.07, 6.45) is 4.89. The van der Waals surface area contributed by atoms with Gasteiger partial charge in [-0.3, -0.25) is 19.3 Å². The Bertz CT molecular complexity index is 2000. The van der Waals surface area contributed by atoms with Gasteiger partial charge in [-0.25, -0.2) is 14.4 Å². The number of carboxylic acids is 1. The molecular formula is C37H42Cl2N8O4. The Morgan fingerprint density at radius 1 is 0.902 bits per heavy atom. The van der Waals surface area contributed by atoms with Crippen LogP contribution in [0.5, 0.6) is 0 Å². The van der Waals surface area contributed by atoms with Gasteiger partial charge in [0.15, 0.2) is 5.82 Å². The molecule has 2 N–H and O–H groups in total. The highest BCUT2D eigenvalue weighted by molar-refractivity contribution is 6.39. The Kier molecular flexibility index (Phi) is 9.95. The number of fused-ring (bicyclic) bond motifs is 2. The smallest absolute Gasteiger partial charge is 0.308 e. The van der Waals surface area contributed by atoms with Crippen LogP contribution in [-0.2, 0) is 44.8 Å². The SMILES string of the molecule is CN1CCc2c(nc(C(=O)Nc3cccc(-c4cccc(N(Cl)C(=O)c5nc6c(n5C)CCN(CC5CCC(C(=O)O)CC5)C6)c4)c3Cl)n2C)C1. The number of nitrogens with zero attached hydrogens (tertiary/aromatic N) is 7. The van der Waals surface area contributed by atoms with Crippen molar-refractivity contribution in [3.63, 3.8) is 0 Å². The van der Waals surface area contributed by atoms with E-state index in [1.807, 2.05) is 48.5 Å². The predicted molar refractivity (Wildman–Crippen MR) is 196 cm³/mol. The fourth-order valence-corrected chi connectivity index (χ4v) is 8.24. The number of carbonyl (C=O) groups is 3. The number of aromatic nitrogens is 4. The summed E-state index contributed by atoms with van der Waals surface area (Å²) >= 11 is 13.6. The van der Waals surface area contributed by atoms with Gasteiger partial charge in [0, 0.05) is 88.4 Å². The second-order valence-corrected chi connectivity index (χ2v) is 14.8. The first-order chi connectivity index (χ1) is 24.5. The van der Waals surface area contributed by atoms with Gasteiger partial charge in [-0.1, -0.05) is 35.9 Å². The zero-order valence-electron chi connectivity index (χ0n) is 29.0. The Morgan fingerprint density at radius 3 is 2.31 bits per heavy atom. The number of amides is 2. The molecule has 2 aromatic carbocycles. The maximum absolute atomic E-state index is 13.8. The van der Waals surface area contributed by atoms with Crippen molar-refractivity contribution in [1.29, 1.82) is 0 Å². The van der Waals surface area contributed by atoms with Crippen LogP contribution in [0.3, 0.4) is 0 Å². The molecule has 51 heavy (non-hydrogen) atoms. The van der Waals surface area contributed by atoms with Gasteiger partial charge >= 0.3 is 11.9 Å². The second kappa shape index (κ2) is 14.4. The fraction of sp³-hybridized carbons (Fsp3) is 0.432.